The second kappa shape index (κ2) is 27.4. The van der Waals surface area contributed by atoms with E-state index >= 15 is 0 Å². The molecule has 2 unspecified atom stereocenters. The molecule has 2 aliphatic carbocycles. The first-order valence-corrected chi connectivity index (χ1v) is 23.3. The number of ether oxygens (including phenoxy) is 11. The monoisotopic (exact) mass is 1050 g/mol. The quantitative estimate of drug-likeness (QED) is 0.0455. The largest absolute Gasteiger partial charge is 0.488 e. The van der Waals surface area contributed by atoms with E-state index < -0.39 is 107 Å². The third kappa shape index (κ3) is 17.5. The molecule has 0 N–H and O–H groups in total. The van der Waals surface area contributed by atoms with Crippen LogP contribution in [0, 0.1) is 12.8 Å². The van der Waals surface area contributed by atoms with Crippen molar-refractivity contribution in [2.75, 3.05) is 105 Å². The van der Waals surface area contributed by atoms with Crippen molar-refractivity contribution in [1.29, 1.82) is 0 Å². The lowest BCUT2D eigenvalue weighted by molar-refractivity contribution is -0.462. The number of benzene rings is 2. The van der Waals surface area contributed by atoms with E-state index in [1.54, 1.807) is 37.3 Å². The van der Waals surface area contributed by atoms with Crippen molar-refractivity contribution in [3.63, 3.8) is 0 Å². The van der Waals surface area contributed by atoms with Crippen molar-refractivity contribution >= 4 is 70.4 Å². The van der Waals surface area contributed by atoms with Crippen LogP contribution in [-0.4, -0.2) is 164 Å². The van der Waals surface area contributed by atoms with Gasteiger partial charge in [0.1, 0.15) is 76.9 Å². The highest BCUT2D eigenvalue weighted by atomic mass is 16.7. The Morgan fingerprint density at radius 2 is 1.04 bits per heavy atom. The average molecular weight is 1050 g/mol. The number of fused-ring (bicyclic) bond motifs is 2. The molecule has 3 aliphatic rings. The van der Waals surface area contributed by atoms with Crippen LogP contribution in [-0.2, 0) is 81.0 Å². The zero-order valence-electron chi connectivity index (χ0n) is 43.2. The molecule has 0 fully saturated rings. The third-order valence-corrected chi connectivity index (χ3v) is 10.9. The molecule has 1 aliphatic heterocycles. The molecular weight excluding hydrogens is 985 g/mol. The third-order valence-electron chi connectivity index (χ3n) is 10.9. The summed E-state index contributed by atoms with van der Waals surface area (Å²) in [6.07, 6.45) is 11.5. The lowest BCUT2D eigenvalue weighted by atomic mass is 9.79. The Kier molecular flexibility index (Phi) is 20.9. The predicted octanol–water partition coefficient (Wildman–Crippen LogP) is 3.27. The molecule has 23 heteroatoms. The standard InChI is InChI=1S/C52H61N4O19/c1-32-10-16-42(55(24-48(61)71-28-67-33(2)57)25-49(62)72-29-68-34(3)58)46(20-32)65-18-19-66-47-21-37(11-17-43(47)56(26-50(63)73-30-69-35(4)59)27-51(64)74-31-70-36(5)60)52-40-14-12-38(53(6)7)22-44(40)75-45-23-39(54(8)9)13-15-41(45)52/h10-17,20-23,40,45H,18-19,24-31H2,1-9H3/q+1. The van der Waals surface area contributed by atoms with Crippen LogP contribution in [0.15, 0.2) is 89.9 Å². The molecule has 2 aromatic carbocycles. The summed E-state index contributed by atoms with van der Waals surface area (Å²) in [5, 5.41) is 0. The van der Waals surface area contributed by atoms with Crippen LogP contribution < -0.4 is 19.3 Å². The maximum absolute atomic E-state index is 13.3. The maximum Gasteiger partial charge on any atom is 0.328 e. The number of esters is 8. The van der Waals surface area contributed by atoms with Crippen LogP contribution >= 0.6 is 0 Å². The van der Waals surface area contributed by atoms with Gasteiger partial charge in [-0.05, 0) is 60.0 Å². The fourth-order valence-electron chi connectivity index (χ4n) is 7.41. The Morgan fingerprint density at radius 1 is 0.587 bits per heavy atom. The molecule has 5 rings (SSSR count). The molecule has 0 saturated heterocycles. The second-order valence-electron chi connectivity index (χ2n) is 17.1. The van der Waals surface area contributed by atoms with Gasteiger partial charge in [0.25, 0.3) is 0 Å². The summed E-state index contributed by atoms with van der Waals surface area (Å²) in [6, 6.07) is 10.2. The van der Waals surface area contributed by atoms with Crippen LogP contribution in [0.4, 0.5) is 11.4 Å². The minimum atomic E-state index is -0.896. The second-order valence-corrected chi connectivity index (χ2v) is 17.1. The Bertz CT molecular complexity index is 2630. The first kappa shape index (κ1) is 57.3. The lowest BCUT2D eigenvalue weighted by Crippen LogP contribution is -2.37. The van der Waals surface area contributed by atoms with Gasteiger partial charge in [-0.25, -0.2) is 4.58 Å². The normalized spacial score (nSPS) is 15.0. The van der Waals surface area contributed by atoms with Crippen LogP contribution in [0.25, 0.3) is 5.57 Å². The molecule has 23 nitrogen and oxygen atoms in total. The molecule has 0 amide bonds. The first-order valence-electron chi connectivity index (χ1n) is 23.3. The minimum Gasteiger partial charge on any atom is -0.488 e. The molecule has 0 saturated carbocycles. The Balaban J connectivity index is 1.55. The number of rotatable bonds is 25. The van der Waals surface area contributed by atoms with Gasteiger partial charge in [0, 0.05) is 65.2 Å². The number of hydrogen-bond donors (Lipinski definition) is 0. The van der Waals surface area contributed by atoms with E-state index in [0.29, 0.717) is 11.3 Å². The average Bonchev–Trinajstić information content (AvgIpc) is 3.33. The van der Waals surface area contributed by atoms with Gasteiger partial charge in [0.15, 0.2) is 0 Å². The van der Waals surface area contributed by atoms with E-state index in [4.69, 9.17) is 52.1 Å². The fourth-order valence-corrected chi connectivity index (χ4v) is 7.41. The molecule has 0 radical (unpaired) electrons. The highest BCUT2D eigenvalue weighted by Crippen LogP contribution is 2.46. The zero-order valence-corrected chi connectivity index (χ0v) is 43.2. The van der Waals surface area contributed by atoms with E-state index in [-0.39, 0.29) is 42.0 Å². The molecule has 2 aromatic rings. The van der Waals surface area contributed by atoms with Gasteiger partial charge in [0.05, 0.1) is 17.3 Å². The van der Waals surface area contributed by atoms with Gasteiger partial charge in [-0.3, -0.25) is 38.4 Å². The van der Waals surface area contributed by atoms with E-state index in [1.807, 2.05) is 80.2 Å². The van der Waals surface area contributed by atoms with E-state index in [9.17, 15) is 38.4 Å². The van der Waals surface area contributed by atoms with Crippen molar-refractivity contribution in [2.45, 2.75) is 40.7 Å². The van der Waals surface area contributed by atoms with Crippen molar-refractivity contribution in [1.82, 2.24) is 4.90 Å². The number of carbonyl (C=O) groups excluding carboxylic acids is 8. The predicted molar refractivity (Wildman–Crippen MR) is 264 cm³/mol. The smallest absolute Gasteiger partial charge is 0.328 e. The van der Waals surface area contributed by atoms with E-state index in [1.165, 1.54) is 9.80 Å². The van der Waals surface area contributed by atoms with Crippen LogP contribution in [0.2, 0.25) is 0 Å². The van der Waals surface area contributed by atoms with Gasteiger partial charge < -0.3 is 66.8 Å². The summed E-state index contributed by atoms with van der Waals surface area (Å²) in [7, 11) is 7.73. The molecule has 402 valence electrons. The summed E-state index contributed by atoms with van der Waals surface area (Å²) in [6.45, 7) is 0.947. The van der Waals surface area contributed by atoms with Crippen molar-refractivity contribution in [2.24, 2.45) is 5.92 Å². The van der Waals surface area contributed by atoms with Crippen LogP contribution in [0.3, 0.4) is 0 Å². The maximum atomic E-state index is 13.3. The zero-order chi connectivity index (χ0) is 54.8. The Morgan fingerprint density at radius 3 is 1.48 bits per heavy atom. The first-order chi connectivity index (χ1) is 35.7. The van der Waals surface area contributed by atoms with Gasteiger partial charge in [-0.1, -0.05) is 24.3 Å². The van der Waals surface area contributed by atoms with Gasteiger partial charge in [0.2, 0.25) is 32.9 Å². The molecule has 75 heavy (non-hydrogen) atoms. The van der Waals surface area contributed by atoms with Crippen LogP contribution in [0.1, 0.15) is 38.8 Å². The van der Waals surface area contributed by atoms with Crippen molar-refractivity contribution in [3.05, 3.63) is 101 Å². The van der Waals surface area contributed by atoms with Crippen LogP contribution in [0.5, 0.6) is 11.5 Å². The number of aryl methyl sites for hydroxylation is 1. The van der Waals surface area contributed by atoms with E-state index in [2.05, 4.69) is 0 Å². The molecule has 2 atom stereocenters. The Hall–Kier alpha value is -8.63. The van der Waals surface area contributed by atoms with Gasteiger partial charge in [-0.2, -0.15) is 0 Å². The molecule has 0 aromatic heterocycles. The summed E-state index contributed by atoms with van der Waals surface area (Å²) in [4.78, 5) is 103. The number of hydrogen-bond acceptors (Lipinski definition) is 22. The number of anilines is 2. The van der Waals surface area contributed by atoms with E-state index in [0.717, 1.165) is 55.8 Å². The fraction of sp³-hybridized carbons (Fsp3) is 0.404. The summed E-state index contributed by atoms with van der Waals surface area (Å²) < 4.78 is 60.9. The van der Waals surface area contributed by atoms with Gasteiger partial charge in [-0.15, -0.1) is 0 Å². The number of likely N-dealkylation sites (N-methyl/N-ethyl adjacent to an activating group) is 1. The van der Waals surface area contributed by atoms with Crippen molar-refractivity contribution in [3.8, 4) is 11.5 Å². The molecule has 0 spiro atoms. The highest BCUT2D eigenvalue weighted by Gasteiger charge is 2.37. The SMILES string of the molecule is CC(=O)OCOC(=O)CN(CC(=O)OCOC(C)=O)c1ccc(C)cc1OCCOc1cc(C2=C3C=CC(N(C)C)=CC3OC3=CC(=[N+](C)C)C=CC32)ccc1N(CC(=O)OCOC(C)=O)CC(=O)OCOC(C)=O. The molecular formula is C52H61N4O19+. The summed E-state index contributed by atoms with van der Waals surface area (Å²) in [5.41, 5.74) is 5.44. The van der Waals surface area contributed by atoms with Gasteiger partial charge >= 0.3 is 47.8 Å². The summed E-state index contributed by atoms with van der Waals surface area (Å²) in [5.74, 6) is -5.64. The highest BCUT2D eigenvalue weighted by molar-refractivity contribution is 6.03. The lowest BCUT2D eigenvalue weighted by Gasteiger charge is -2.37. The molecule has 0 bridgehead atoms. The topological polar surface area (TPSA) is 251 Å². The number of allylic oxidation sites excluding steroid dienone is 4. The Labute approximate surface area is 433 Å². The van der Waals surface area contributed by atoms with Crippen molar-refractivity contribution < 1.29 is 95.0 Å². The summed E-state index contributed by atoms with van der Waals surface area (Å²) >= 11 is 0. The minimum absolute atomic E-state index is 0.153. The number of nitrogens with zero attached hydrogens (tertiary/aromatic N) is 4. The number of carbonyl (C=O) groups is 8. The molecule has 1 heterocycles.